The Morgan fingerprint density at radius 2 is 1.95 bits per heavy atom. The minimum atomic E-state index is -0.0673. The van der Waals surface area contributed by atoms with Gasteiger partial charge in [0.15, 0.2) is 5.65 Å². The first-order valence-electron chi connectivity index (χ1n) is 7.79. The van der Waals surface area contributed by atoms with E-state index >= 15 is 0 Å². The number of aryl methyl sites for hydroxylation is 3. The molecular formula is C16H25N5O. The van der Waals surface area contributed by atoms with Crippen LogP contribution in [0.1, 0.15) is 35.6 Å². The second-order valence-electron chi connectivity index (χ2n) is 5.48. The van der Waals surface area contributed by atoms with Crippen molar-refractivity contribution in [2.75, 3.05) is 26.2 Å². The van der Waals surface area contributed by atoms with Crippen molar-refractivity contribution in [1.82, 2.24) is 25.0 Å². The number of rotatable bonds is 6. The van der Waals surface area contributed by atoms with Crippen LogP contribution < -0.4 is 5.32 Å². The van der Waals surface area contributed by atoms with Crippen LogP contribution in [0.2, 0.25) is 0 Å². The van der Waals surface area contributed by atoms with Gasteiger partial charge in [-0.05, 0) is 33.0 Å². The summed E-state index contributed by atoms with van der Waals surface area (Å²) in [5.74, 6) is -0.0673. The summed E-state index contributed by atoms with van der Waals surface area (Å²) < 4.78 is 1.75. The number of carbonyl (C=O) groups excluding carboxylic acids is 1. The standard InChI is InChI=1S/C16H25N5O/c1-6-21(7-2)9-8-17-16(22)14-10-13-12(4)19-20(5)15(13)18-11(14)3/h10H,6-9H2,1-5H3,(H,17,22). The highest BCUT2D eigenvalue weighted by molar-refractivity contribution is 5.98. The summed E-state index contributed by atoms with van der Waals surface area (Å²) >= 11 is 0. The molecule has 0 saturated carbocycles. The van der Waals surface area contributed by atoms with Gasteiger partial charge >= 0.3 is 0 Å². The van der Waals surface area contributed by atoms with E-state index in [1.54, 1.807) is 4.68 Å². The van der Waals surface area contributed by atoms with Gasteiger partial charge in [-0.3, -0.25) is 9.48 Å². The number of hydrogen-bond donors (Lipinski definition) is 1. The first-order valence-corrected chi connectivity index (χ1v) is 7.79. The Balaban J connectivity index is 2.14. The molecule has 0 aromatic carbocycles. The average molecular weight is 303 g/mol. The van der Waals surface area contributed by atoms with E-state index in [1.807, 2.05) is 27.0 Å². The molecule has 2 heterocycles. The van der Waals surface area contributed by atoms with Gasteiger partial charge < -0.3 is 10.2 Å². The van der Waals surface area contributed by atoms with Crippen molar-refractivity contribution in [3.8, 4) is 0 Å². The van der Waals surface area contributed by atoms with Gasteiger partial charge in [-0.1, -0.05) is 13.8 Å². The molecule has 120 valence electrons. The van der Waals surface area contributed by atoms with Gasteiger partial charge in [0.05, 0.1) is 17.0 Å². The topological polar surface area (TPSA) is 63.1 Å². The maximum atomic E-state index is 12.4. The lowest BCUT2D eigenvalue weighted by atomic mass is 10.1. The van der Waals surface area contributed by atoms with Crippen molar-refractivity contribution < 1.29 is 4.79 Å². The molecular weight excluding hydrogens is 278 g/mol. The Morgan fingerprint density at radius 3 is 2.59 bits per heavy atom. The molecule has 0 radical (unpaired) electrons. The van der Waals surface area contributed by atoms with Crippen molar-refractivity contribution in [1.29, 1.82) is 0 Å². The summed E-state index contributed by atoms with van der Waals surface area (Å²) in [6.07, 6.45) is 0. The summed E-state index contributed by atoms with van der Waals surface area (Å²) in [5, 5.41) is 8.27. The van der Waals surface area contributed by atoms with Crippen molar-refractivity contribution in [3.05, 3.63) is 23.0 Å². The second-order valence-corrected chi connectivity index (χ2v) is 5.48. The Kier molecular flexibility index (Phi) is 5.13. The summed E-state index contributed by atoms with van der Waals surface area (Å²) in [5.41, 5.74) is 3.07. The van der Waals surface area contributed by atoms with Gasteiger partial charge in [-0.25, -0.2) is 4.98 Å². The number of hydrogen-bond acceptors (Lipinski definition) is 4. The molecule has 22 heavy (non-hydrogen) atoms. The zero-order valence-electron chi connectivity index (χ0n) is 14.1. The summed E-state index contributed by atoms with van der Waals surface area (Å²) in [6, 6.07) is 1.90. The van der Waals surface area contributed by atoms with Gasteiger partial charge in [0.25, 0.3) is 5.91 Å². The van der Waals surface area contributed by atoms with E-state index in [0.29, 0.717) is 12.1 Å². The van der Waals surface area contributed by atoms with E-state index < -0.39 is 0 Å². The SMILES string of the molecule is CCN(CC)CCNC(=O)c1cc2c(C)nn(C)c2nc1C. The maximum Gasteiger partial charge on any atom is 0.253 e. The molecule has 0 unspecified atom stereocenters. The number of pyridine rings is 1. The molecule has 0 spiro atoms. The molecule has 2 aromatic heterocycles. The Labute approximate surface area is 131 Å². The van der Waals surface area contributed by atoms with E-state index in [1.165, 1.54) is 0 Å². The molecule has 0 saturated heterocycles. The molecule has 2 aromatic rings. The molecule has 0 bridgehead atoms. The fourth-order valence-corrected chi connectivity index (χ4v) is 2.62. The molecule has 6 nitrogen and oxygen atoms in total. The average Bonchev–Trinajstić information content (AvgIpc) is 2.77. The van der Waals surface area contributed by atoms with Crippen LogP contribution in [0.25, 0.3) is 11.0 Å². The quantitative estimate of drug-likeness (QED) is 0.881. The summed E-state index contributed by atoms with van der Waals surface area (Å²) in [7, 11) is 1.87. The van der Waals surface area contributed by atoms with E-state index in [4.69, 9.17) is 0 Å². The van der Waals surface area contributed by atoms with E-state index in [0.717, 1.165) is 42.1 Å². The van der Waals surface area contributed by atoms with Crippen LogP contribution >= 0.6 is 0 Å². The third-order valence-electron chi connectivity index (χ3n) is 4.04. The zero-order valence-corrected chi connectivity index (χ0v) is 14.1. The van der Waals surface area contributed by atoms with E-state index in [2.05, 4.69) is 34.1 Å². The summed E-state index contributed by atoms with van der Waals surface area (Å²) in [6.45, 7) is 11.5. The number of likely N-dealkylation sites (N-methyl/N-ethyl adjacent to an activating group) is 1. The molecule has 0 atom stereocenters. The van der Waals surface area contributed by atoms with Crippen LogP contribution in [0.15, 0.2) is 6.07 Å². The van der Waals surface area contributed by atoms with Gasteiger partial charge in [0.2, 0.25) is 0 Å². The molecule has 0 fully saturated rings. The molecule has 0 aliphatic rings. The highest BCUT2D eigenvalue weighted by Gasteiger charge is 2.15. The number of carbonyl (C=O) groups is 1. The fourth-order valence-electron chi connectivity index (χ4n) is 2.62. The Bertz CT molecular complexity index is 673. The van der Waals surface area contributed by atoms with E-state index in [-0.39, 0.29) is 5.91 Å². The minimum absolute atomic E-state index is 0.0673. The number of nitrogens with zero attached hydrogens (tertiary/aromatic N) is 4. The fraction of sp³-hybridized carbons (Fsp3) is 0.562. The second kappa shape index (κ2) is 6.87. The van der Waals surface area contributed by atoms with Crippen LogP contribution in [0.4, 0.5) is 0 Å². The Morgan fingerprint density at radius 1 is 1.27 bits per heavy atom. The Hall–Kier alpha value is -1.95. The number of fused-ring (bicyclic) bond motifs is 1. The highest BCUT2D eigenvalue weighted by atomic mass is 16.1. The third kappa shape index (κ3) is 3.27. The lowest BCUT2D eigenvalue weighted by molar-refractivity contribution is 0.0948. The van der Waals surface area contributed by atoms with Gasteiger partial charge in [0, 0.05) is 25.5 Å². The highest BCUT2D eigenvalue weighted by Crippen LogP contribution is 2.19. The van der Waals surface area contributed by atoms with Gasteiger partial charge in [-0.15, -0.1) is 0 Å². The van der Waals surface area contributed by atoms with E-state index in [9.17, 15) is 4.79 Å². The van der Waals surface area contributed by atoms with Crippen LogP contribution in [0.3, 0.4) is 0 Å². The molecule has 6 heteroatoms. The smallest absolute Gasteiger partial charge is 0.253 e. The number of nitrogens with one attached hydrogen (secondary N) is 1. The maximum absolute atomic E-state index is 12.4. The largest absolute Gasteiger partial charge is 0.351 e. The van der Waals surface area contributed by atoms with Crippen LogP contribution in [0.5, 0.6) is 0 Å². The van der Waals surface area contributed by atoms with Gasteiger partial charge in [-0.2, -0.15) is 5.10 Å². The lowest BCUT2D eigenvalue weighted by Crippen LogP contribution is -2.35. The molecule has 0 aliphatic heterocycles. The van der Waals surface area contributed by atoms with Crippen LogP contribution in [-0.2, 0) is 7.05 Å². The van der Waals surface area contributed by atoms with Crippen molar-refractivity contribution in [2.45, 2.75) is 27.7 Å². The van der Waals surface area contributed by atoms with Crippen molar-refractivity contribution >= 4 is 16.9 Å². The van der Waals surface area contributed by atoms with Crippen molar-refractivity contribution in [3.63, 3.8) is 0 Å². The predicted molar refractivity (Wildman–Crippen MR) is 88.1 cm³/mol. The number of aromatic nitrogens is 3. The predicted octanol–water partition coefficient (Wildman–Crippen LogP) is 1.66. The first kappa shape index (κ1) is 16.4. The minimum Gasteiger partial charge on any atom is -0.351 e. The third-order valence-corrected chi connectivity index (χ3v) is 4.04. The molecule has 0 aliphatic carbocycles. The first-order chi connectivity index (χ1) is 10.5. The molecule has 1 N–H and O–H groups in total. The summed E-state index contributed by atoms with van der Waals surface area (Å²) in [4.78, 5) is 19.2. The normalized spacial score (nSPS) is 11.4. The molecule has 1 amide bonds. The monoisotopic (exact) mass is 303 g/mol. The van der Waals surface area contributed by atoms with Crippen LogP contribution in [0, 0.1) is 13.8 Å². The zero-order chi connectivity index (χ0) is 16.3. The molecule has 2 rings (SSSR count). The van der Waals surface area contributed by atoms with Crippen LogP contribution in [-0.4, -0.2) is 51.8 Å². The number of amides is 1. The van der Waals surface area contributed by atoms with Gasteiger partial charge in [0.1, 0.15) is 0 Å². The lowest BCUT2D eigenvalue weighted by Gasteiger charge is -2.18. The van der Waals surface area contributed by atoms with Crippen molar-refractivity contribution in [2.24, 2.45) is 7.05 Å².